The van der Waals surface area contributed by atoms with Gasteiger partial charge in [0.15, 0.2) is 5.82 Å². The Labute approximate surface area is 103 Å². The first-order chi connectivity index (χ1) is 8.11. The average Bonchev–Trinajstić information content (AvgIpc) is 2.68. The highest BCUT2D eigenvalue weighted by Gasteiger charge is 2.24. The number of aromatic nitrogens is 2. The van der Waals surface area contributed by atoms with E-state index in [9.17, 15) is 0 Å². The van der Waals surface area contributed by atoms with Gasteiger partial charge in [0.05, 0.1) is 0 Å². The largest absolute Gasteiger partial charge is 0.382 e. The standard InChI is InChI=1S/C12H23N5/c1-4-17-7-5-10(6-8-17)16(3)12-11(13)14-9(2)15-12/h10H,4-8,13H2,1-3H3,(H,14,15). The second-order valence-electron chi connectivity index (χ2n) is 4.84. The van der Waals surface area contributed by atoms with E-state index in [1.165, 1.54) is 25.9 Å². The van der Waals surface area contributed by atoms with Crippen molar-refractivity contribution in [2.75, 3.05) is 37.3 Å². The number of nitrogen functional groups attached to an aromatic ring is 1. The quantitative estimate of drug-likeness (QED) is 0.830. The monoisotopic (exact) mass is 237 g/mol. The number of aryl methyl sites for hydroxylation is 1. The maximum absolute atomic E-state index is 5.93. The van der Waals surface area contributed by atoms with Crippen LogP contribution in [0.5, 0.6) is 0 Å². The zero-order chi connectivity index (χ0) is 12.4. The summed E-state index contributed by atoms with van der Waals surface area (Å²) in [5.74, 6) is 2.47. The molecule has 0 saturated carbocycles. The molecular weight excluding hydrogens is 214 g/mol. The molecule has 17 heavy (non-hydrogen) atoms. The van der Waals surface area contributed by atoms with E-state index in [1.54, 1.807) is 0 Å². The molecule has 1 fully saturated rings. The zero-order valence-corrected chi connectivity index (χ0v) is 11.0. The molecule has 5 nitrogen and oxygen atoms in total. The van der Waals surface area contributed by atoms with E-state index in [1.807, 2.05) is 6.92 Å². The molecule has 96 valence electrons. The van der Waals surface area contributed by atoms with Crippen molar-refractivity contribution in [3.05, 3.63) is 5.82 Å². The van der Waals surface area contributed by atoms with Crippen LogP contribution in [-0.4, -0.2) is 47.6 Å². The molecule has 0 amide bonds. The van der Waals surface area contributed by atoms with Crippen molar-refractivity contribution >= 4 is 11.6 Å². The molecule has 1 aromatic heterocycles. The van der Waals surface area contributed by atoms with E-state index in [2.05, 4.69) is 33.7 Å². The number of nitrogens with two attached hydrogens (primary N) is 1. The van der Waals surface area contributed by atoms with Gasteiger partial charge in [-0.25, -0.2) is 4.98 Å². The number of hydrogen-bond acceptors (Lipinski definition) is 4. The number of imidazole rings is 1. The zero-order valence-electron chi connectivity index (χ0n) is 11.0. The molecule has 1 aliphatic heterocycles. The summed E-state index contributed by atoms with van der Waals surface area (Å²) >= 11 is 0. The first-order valence-electron chi connectivity index (χ1n) is 6.39. The fourth-order valence-corrected chi connectivity index (χ4v) is 2.56. The minimum atomic E-state index is 0.558. The SMILES string of the molecule is CCN1CCC(N(C)c2nc(C)[nH]c2N)CC1. The summed E-state index contributed by atoms with van der Waals surface area (Å²) < 4.78 is 0. The number of likely N-dealkylation sites (tertiary alicyclic amines) is 1. The fraction of sp³-hybridized carbons (Fsp3) is 0.750. The van der Waals surface area contributed by atoms with Gasteiger partial charge in [-0.05, 0) is 26.3 Å². The lowest BCUT2D eigenvalue weighted by atomic mass is 10.0. The minimum Gasteiger partial charge on any atom is -0.382 e. The smallest absolute Gasteiger partial charge is 0.171 e. The van der Waals surface area contributed by atoms with Gasteiger partial charge in [-0.2, -0.15) is 0 Å². The van der Waals surface area contributed by atoms with Crippen LogP contribution in [0.4, 0.5) is 11.6 Å². The Bertz CT molecular complexity index is 365. The normalized spacial score (nSPS) is 18.5. The Kier molecular flexibility index (Phi) is 3.57. The Morgan fingerprint density at radius 1 is 1.47 bits per heavy atom. The highest BCUT2D eigenvalue weighted by atomic mass is 15.3. The van der Waals surface area contributed by atoms with Crippen molar-refractivity contribution in [3.8, 4) is 0 Å². The highest BCUT2D eigenvalue weighted by molar-refractivity contribution is 5.59. The fourth-order valence-electron chi connectivity index (χ4n) is 2.56. The van der Waals surface area contributed by atoms with Crippen LogP contribution >= 0.6 is 0 Å². The Hall–Kier alpha value is -1.23. The van der Waals surface area contributed by atoms with Crippen molar-refractivity contribution < 1.29 is 0 Å². The summed E-state index contributed by atoms with van der Waals surface area (Å²) in [5.41, 5.74) is 5.93. The third kappa shape index (κ3) is 2.54. The number of anilines is 2. The number of nitrogens with zero attached hydrogens (tertiary/aromatic N) is 3. The molecule has 1 aromatic rings. The van der Waals surface area contributed by atoms with Crippen molar-refractivity contribution in [2.24, 2.45) is 0 Å². The van der Waals surface area contributed by atoms with E-state index in [4.69, 9.17) is 5.73 Å². The van der Waals surface area contributed by atoms with Gasteiger partial charge in [0, 0.05) is 26.2 Å². The van der Waals surface area contributed by atoms with Crippen LogP contribution in [0.15, 0.2) is 0 Å². The number of piperidine rings is 1. The minimum absolute atomic E-state index is 0.558. The molecule has 3 N–H and O–H groups in total. The second kappa shape index (κ2) is 4.96. The molecule has 0 radical (unpaired) electrons. The lowest BCUT2D eigenvalue weighted by Gasteiger charge is -2.36. The molecule has 0 unspecified atom stereocenters. The lowest BCUT2D eigenvalue weighted by Crippen LogP contribution is -2.43. The van der Waals surface area contributed by atoms with Gasteiger partial charge in [-0.1, -0.05) is 6.92 Å². The molecule has 0 bridgehead atoms. The Balaban J connectivity index is 2.01. The summed E-state index contributed by atoms with van der Waals surface area (Å²) in [4.78, 5) is 12.2. The van der Waals surface area contributed by atoms with Gasteiger partial charge in [0.2, 0.25) is 0 Å². The highest BCUT2D eigenvalue weighted by Crippen LogP contribution is 2.24. The summed E-state index contributed by atoms with van der Waals surface area (Å²) in [6.07, 6.45) is 2.38. The number of hydrogen-bond donors (Lipinski definition) is 2. The Morgan fingerprint density at radius 3 is 2.59 bits per heavy atom. The predicted octanol–water partition coefficient (Wildman–Crippen LogP) is 1.22. The number of nitrogens with one attached hydrogen (secondary N) is 1. The lowest BCUT2D eigenvalue weighted by molar-refractivity contribution is 0.220. The first kappa shape index (κ1) is 12.2. The topological polar surface area (TPSA) is 61.2 Å². The summed E-state index contributed by atoms with van der Waals surface area (Å²) in [7, 11) is 2.10. The van der Waals surface area contributed by atoms with Crippen molar-refractivity contribution in [1.82, 2.24) is 14.9 Å². The van der Waals surface area contributed by atoms with Crippen LogP contribution < -0.4 is 10.6 Å². The number of rotatable bonds is 3. The average molecular weight is 237 g/mol. The number of H-pyrrole nitrogens is 1. The molecule has 1 aliphatic rings. The molecule has 5 heteroatoms. The van der Waals surface area contributed by atoms with Gasteiger partial charge < -0.3 is 20.5 Å². The van der Waals surface area contributed by atoms with E-state index < -0.39 is 0 Å². The molecule has 0 aliphatic carbocycles. The van der Waals surface area contributed by atoms with E-state index in [-0.39, 0.29) is 0 Å². The number of aromatic amines is 1. The Morgan fingerprint density at radius 2 is 2.12 bits per heavy atom. The predicted molar refractivity (Wildman–Crippen MR) is 71.3 cm³/mol. The van der Waals surface area contributed by atoms with Gasteiger partial charge >= 0.3 is 0 Å². The molecule has 1 saturated heterocycles. The molecule has 2 heterocycles. The maximum Gasteiger partial charge on any atom is 0.171 e. The van der Waals surface area contributed by atoms with Crippen LogP contribution in [0.3, 0.4) is 0 Å². The second-order valence-corrected chi connectivity index (χ2v) is 4.84. The van der Waals surface area contributed by atoms with Crippen LogP contribution in [0.25, 0.3) is 0 Å². The van der Waals surface area contributed by atoms with Crippen LogP contribution in [-0.2, 0) is 0 Å². The summed E-state index contributed by atoms with van der Waals surface area (Å²) in [5, 5.41) is 0. The summed E-state index contributed by atoms with van der Waals surface area (Å²) in [6.45, 7) is 7.66. The van der Waals surface area contributed by atoms with Crippen LogP contribution in [0, 0.1) is 6.92 Å². The van der Waals surface area contributed by atoms with Crippen molar-refractivity contribution in [3.63, 3.8) is 0 Å². The molecule has 0 aromatic carbocycles. The van der Waals surface area contributed by atoms with E-state index >= 15 is 0 Å². The first-order valence-corrected chi connectivity index (χ1v) is 6.39. The molecule has 0 spiro atoms. The van der Waals surface area contributed by atoms with Crippen molar-refractivity contribution in [2.45, 2.75) is 32.7 Å². The van der Waals surface area contributed by atoms with E-state index in [0.29, 0.717) is 11.9 Å². The molecular formula is C12H23N5. The molecule has 0 atom stereocenters. The van der Waals surface area contributed by atoms with Crippen LogP contribution in [0.1, 0.15) is 25.6 Å². The van der Waals surface area contributed by atoms with Gasteiger partial charge in [0.25, 0.3) is 0 Å². The van der Waals surface area contributed by atoms with Gasteiger partial charge in [0.1, 0.15) is 11.6 Å². The van der Waals surface area contributed by atoms with Gasteiger partial charge in [-0.3, -0.25) is 0 Å². The van der Waals surface area contributed by atoms with Gasteiger partial charge in [-0.15, -0.1) is 0 Å². The molecule has 2 rings (SSSR count). The third-order valence-electron chi connectivity index (χ3n) is 3.72. The van der Waals surface area contributed by atoms with Crippen LogP contribution in [0.2, 0.25) is 0 Å². The third-order valence-corrected chi connectivity index (χ3v) is 3.72. The van der Waals surface area contributed by atoms with Crippen molar-refractivity contribution in [1.29, 1.82) is 0 Å². The summed E-state index contributed by atoms with van der Waals surface area (Å²) in [6, 6.07) is 0.558. The maximum atomic E-state index is 5.93. The van der Waals surface area contributed by atoms with E-state index in [0.717, 1.165) is 18.2 Å².